The Kier molecular flexibility index (Phi) is 13.1. The first-order chi connectivity index (χ1) is 11.1. The largest absolute Gasteiger partial charge is 0.470 e. The van der Waals surface area contributed by atoms with Gasteiger partial charge in [-0.1, -0.05) is 65.2 Å². The average molecular weight is 345 g/mol. The number of ether oxygens (including phenoxy) is 2. The fourth-order valence-corrected chi connectivity index (χ4v) is 6.64. The smallest absolute Gasteiger partial charge is 0.311 e. The number of carbonyl (C=O) groups excluding carboxylic acids is 2. The molecule has 23 heavy (non-hydrogen) atoms. The highest BCUT2D eigenvalue weighted by Crippen LogP contribution is 2.28. The van der Waals surface area contributed by atoms with Crippen molar-refractivity contribution in [2.24, 2.45) is 0 Å². The number of hydrogen-bond donors (Lipinski definition) is 0. The summed E-state index contributed by atoms with van der Waals surface area (Å²) in [4.78, 5) is 25.3. The van der Waals surface area contributed by atoms with Crippen molar-refractivity contribution in [1.29, 1.82) is 0 Å². The SMILES string of the molecule is CCCCCC[Si](CCCCCC)(C(=O)OCC)C(=O)OCC. The van der Waals surface area contributed by atoms with Crippen LogP contribution in [0.3, 0.4) is 0 Å². The normalized spacial score (nSPS) is 11.3. The first-order valence-electron chi connectivity index (χ1n) is 9.43. The van der Waals surface area contributed by atoms with Crippen molar-refractivity contribution in [2.75, 3.05) is 13.2 Å². The molecule has 0 N–H and O–H groups in total. The molecule has 4 nitrogen and oxygen atoms in total. The Labute approximate surface area is 143 Å². The van der Waals surface area contributed by atoms with Crippen LogP contribution in [0.25, 0.3) is 0 Å². The van der Waals surface area contributed by atoms with Crippen molar-refractivity contribution >= 4 is 19.3 Å². The quantitative estimate of drug-likeness (QED) is 0.283. The lowest BCUT2D eigenvalue weighted by Gasteiger charge is -2.26. The maximum Gasteiger partial charge on any atom is 0.311 e. The van der Waals surface area contributed by atoms with Crippen LogP contribution in [0.2, 0.25) is 12.1 Å². The third kappa shape index (κ3) is 8.00. The van der Waals surface area contributed by atoms with Gasteiger partial charge in [0.05, 0.1) is 13.2 Å². The number of hydrogen-bond acceptors (Lipinski definition) is 4. The molecule has 0 saturated carbocycles. The summed E-state index contributed by atoms with van der Waals surface area (Å²) in [5.74, 6) is 0. The lowest BCUT2D eigenvalue weighted by molar-refractivity contribution is 0.166. The summed E-state index contributed by atoms with van der Waals surface area (Å²) in [5.41, 5.74) is -0.516. The van der Waals surface area contributed by atoms with Gasteiger partial charge in [-0.25, -0.2) is 0 Å². The maximum atomic E-state index is 12.6. The van der Waals surface area contributed by atoms with Crippen LogP contribution in [0, 0.1) is 0 Å². The predicted octanol–water partition coefficient (Wildman–Crippen LogP) is 6.07. The summed E-state index contributed by atoms with van der Waals surface area (Å²) >= 11 is 0. The second-order valence-corrected chi connectivity index (χ2v) is 10.1. The molecule has 0 amide bonds. The molecular weight excluding hydrogens is 308 g/mol. The molecule has 136 valence electrons. The topological polar surface area (TPSA) is 52.6 Å². The van der Waals surface area contributed by atoms with E-state index in [9.17, 15) is 9.59 Å². The Morgan fingerprint density at radius 1 is 0.652 bits per heavy atom. The van der Waals surface area contributed by atoms with Gasteiger partial charge in [0.2, 0.25) is 0 Å². The third-order valence-electron chi connectivity index (χ3n) is 4.25. The second kappa shape index (κ2) is 13.6. The van der Waals surface area contributed by atoms with Crippen molar-refractivity contribution < 1.29 is 19.1 Å². The minimum atomic E-state index is -2.87. The molecule has 0 unspecified atom stereocenters. The van der Waals surface area contributed by atoms with Crippen LogP contribution < -0.4 is 0 Å². The van der Waals surface area contributed by atoms with Crippen LogP contribution >= 0.6 is 0 Å². The zero-order valence-electron chi connectivity index (χ0n) is 15.6. The van der Waals surface area contributed by atoms with E-state index in [0.717, 1.165) is 51.4 Å². The zero-order valence-corrected chi connectivity index (χ0v) is 16.6. The summed E-state index contributed by atoms with van der Waals surface area (Å²) in [7, 11) is -2.87. The molecule has 0 bridgehead atoms. The standard InChI is InChI=1S/C18H36O4Si/c1-5-9-11-13-15-23(17(19)21-7-3,18(20)22-8-4)16-14-12-10-6-2/h5-16H2,1-4H3. The summed E-state index contributed by atoms with van der Waals surface area (Å²) in [5, 5.41) is 0. The van der Waals surface area contributed by atoms with E-state index in [1.807, 2.05) is 0 Å². The molecule has 0 aromatic heterocycles. The van der Waals surface area contributed by atoms with Crippen molar-refractivity contribution in [3.8, 4) is 0 Å². The molecule has 0 aliphatic heterocycles. The van der Waals surface area contributed by atoms with E-state index >= 15 is 0 Å². The summed E-state index contributed by atoms with van der Waals surface area (Å²) in [6.07, 6.45) is 8.56. The van der Waals surface area contributed by atoms with Crippen LogP contribution in [0.1, 0.15) is 79.1 Å². The number of unbranched alkanes of at least 4 members (excludes halogenated alkanes) is 6. The minimum Gasteiger partial charge on any atom is -0.470 e. The van der Waals surface area contributed by atoms with Gasteiger partial charge in [0.15, 0.2) is 0 Å². The molecule has 0 rings (SSSR count). The van der Waals surface area contributed by atoms with Gasteiger partial charge in [0.25, 0.3) is 11.2 Å². The van der Waals surface area contributed by atoms with Crippen molar-refractivity contribution in [3.63, 3.8) is 0 Å². The lowest BCUT2D eigenvalue weighted by Crippen LogP contribution is -2.53. The molecule has 0 heterocycles. The van der Waals surface area contributed by atoms with Gasteiger partial charge < -0.3 is 9.47 Å². The van der Waals surface area contributed by atoms with Crippen LogP contribution in [-0.4, -0.2) is 32.5 Å². The molecule has 0 saturated heterocycles. The van der Waals surface area contributed by atoms with Crippen molar-refractivity contribution in [2.45, 2.75) is 91.1 Å². The van der Waals surface area contributed by atoms with Crippen LogP contribution in [-0.2, 0) is 9.47 Å². The van der Waals surface area contributed by atoms with Crippen molar-refractivity contribution in [3.05, 3.63) is 0 Å². The Morgan fingerprint density at radius 3 is 1.35 bits per heavy atom. The molecule has 0 aromatic carbocycles. The van der Waals surface area contributed by atoms with Gasteiger partial charge in [-0.15, -0.1) is 0 Å². The van der Waals surface area contributed by atoms with Gasteiger partial charge >= 0.3 is 8.07 Å². The monoisotopic (exact) mass is 344 g/mol. The minimum absolute atomic E-state index is 0.258. The predicted molar refractivity (Wildman–Crippen MR) is 97.7 cm³/mol. The molecular formula is C18H36O4Si. The lowest BCUT2D eigenvalue weighted by atomic mass is 10.2. The fraction of sp³-hybridized carbons (Fsp3) is 0.889. The van der Waals surface area contributed by atoms with Gasteiger partial charge in [0, 0.05) is 0 Å². The Morgan fingerprint density at radius 2 is 1.04 bits per heavy atom. The van der Waals surface area contributed by atoms with E-state index in [1.54, 1.807) is 13.8 Å². The van der Waals surface area contributed by atoms with Gasteiger partial charge in [-0.2, -0.15) is 0 Å². The zero-order chi connectivity index (χ0) is 17.6. The summed E-state index contributed by atoms with van der Waals surface area (Å²) in [6, 6.07) is 1.35. The Balaban J connectivity index is 5.08. The number of carbonyl (C=O) groups is 2. The maximum absolute atomic E-state index is 12.6. The molecule has 0 spiro atoms. The van der Waals surface area contributed by atoms with Crippen LogP contribution in [0.4, 0.5) is 9.59 Å². The second-order valence-electron chi connectivity index (χ2n) is 6.14. The van der Waals surface area contributed by atoms with E-state index in [0.29, 0.717) is 25.3 Å². The highest BCUT2D eigenvalue weighted by molar-refractivity contribution is 7.23. The number of rotatable bonds is 14. The van der Waals surface area contributed by atoms with E-state index in [1.165, 1.54) is 0 Å². The third-order valence-corrected chi connectivity index (χ3v) is 8.51. The van der Waals surface area contributed by atoms with E-state index < -0.39 is 8.07 Å². The molecule has 0 aliphatic carbocycles. The van der Waals surface area contributed by atoms with Gasteiger partial charge in [0.1, 0.15) is 0 Å². The van der Waals surface area contributed by atoms with Crippen molar-refractivity contribution in [1.82, 2.24) is 0 Å². The van der Waals surface area contributed by atoms with Gasteiger partial charge in [-0.3, -0.25) is 9.59 Å². The molecule has 0 aliphatic rings. The average Bonchev–Trinajstić information content (AvgIpc) is 2.54. The van der Waals surface area contributed by atoms with E-state index in [4.69, 9.17) is 9.47 Å². The Bertz CT molecular complexity index is 299. The summed E-state index contributed by atoms with van der Waals surface area (Å²) < 4.78 is 10.6. The fourth-order valence-electron chi connectivity index (χ4n) is 2.86. The molecule has 0 radical (unpaired) electrons. The molecule has 0 aromatic rings. The highest BCUT2D eigenvalue weighted by atomic mass is 28.3. The van der Waals surface area contributed by atoms with Gasteiger partial charge in [-0.05, 0) is 25.9 Å². The van der Waals surface area contributed by atoms with Crippen LogP contribution in [0.5, 0.6) is 0 Å². The van der Waals surface area contributed by atoms with E-state index in [2.05, 4.69) is 13.8 Å². The summed E-state index contributed by atoms with van der Waals surface area (Å²) in [6.45, 7) is 8.58. The first kappa shape index (κ1) is 22.2. The molecule has 0 atom stereocenters. The highest BCUT2D eigenvalue weighted by Gasteiger charge is 2.51. The molecule has 0 fully saturated rings. The van der Waals surface area contributed by atoms with Crippen LogP contribution in [0.15, 0.2) is 0 Å². The Hall–Kier alpha value is -0.843. The first-order valence-corrected chi connectivity index (χ1v) is 11.8. The molecule has 5 heteroatoms. The van der Waals surface area contributed by atoms with E-state index in [-0.39, 0.29) is 11.2 Å².